The Morgan fingerprint density at radius 1 is 0.957 bits per heavy atom. The van der Waals surface area contributed by atoms with Gasteiger partial charge in [-0.2, -0.15) is 5.10 Å². The minimum Gasteiger partial charge on any atom is -0.338 e. The maximum absolute atomic E-state index is 13.6. The van der Waals surface area contributed by atoms with Crippen molar-refractivity contribution in [3.63, 3.8) is 0 Å². The molecule has 1 aliphatic heterocycles. The van der Waals surface area contributed by atoms with Gasteiger partial charge in [-0.1, -0.05) is 42.8 Å². The van der Waals surface area contributed by atoms with Gasteiger partial charge in [-0.25, -0.2) is 14.5 Å². The molecule has 2 amide bonds. The molecule has 2 aromatic carbocycles. The van der Waals surface area contributed by atoms with Gasteiger partial charge in [0.1, 0.15) is 11.5 Å². The van der Waals surface area contributed by atoms with E-state index in [2.05, 4.69) is 33.4 Å². The number of hydrogen-bond donors (Lipinski definition) is 1. The molecule has 46 heavy (non-hydrogen) atoms. The normalized spacial score (nSPS) is 15.2. The molecule has 1 fully saturated rings. The van der Waals surface area contributed by atoms with Crippen molar-refractivity contribution in [3.05, 3.63) is 103 Å². The number of anilines is 1. The molecule has 0 saturated carbocycles. The van der Waals surface area contributed by atoms with Crippen LogP contribution in [0.25, 0.3) is 28.0 Å². The minimum absolute atomic E-state index is 0.0135. The quantitative estimate of drug-likeness (QED) is 0.200. The summed E-state index contributed by atoms with van der Waals surface area (Å²) in [5.74, 6) is 1.03. The highest BCUT2D eigenvalue weighted by Gasteiger charge is 2.25. The summed E-state index contributed by atoms with van der Waals surface area (Å²) in [6.07, 6.45) is 8.79. The Bertz CT molecular complexity index is 1780. The molecule has 0 radical (unpaired) electrons. The van der Waals surface area contributed by atoms with Crippen molar-refractivity contribution < 1.29 is 9.59 Å². The number of carbonyl (C=O) groups is 2. The Balaban J connectivity index is 1.15. The third-order valence-electron chi connectivity index (χ3n) is 8.50. The zero-order valence-electron chi connectivity index (χ0n) is 26.6. The molecule has 1 saturated heterocycles. The van der Waals surface area contributed by atoms with Gasteiger partial charge >= 0.3 is 0 Å². The summed E-state index contributed by atoms with van der Waals surface area (Å²) in [6.45, 7) is 2.25. The van der Waals surface area contributed by atoms with Crippen molar-refractivity contribution in [1.29, 1.82) is 0 Å². The van der Waals surface area contributed by atoms with E-state index in [9.17, 15) is 9.59 Å². The molecule has 6 rings (SSSR count). The van der Waals surface area contributed by atoms with Crippen molar-refractivity contribution in [3.8, 4) is 22.5 Å². The fraction of sp³-hybridized carbons (Fsp3) is 0.324. The van der Waals surface area contributed by atoms with Crippen molar-refractivity contribution >= 4 is 23.0 Å². The first-order valence-electron chi connectivity index (χ1n) is 16.1. The molecule has 3 aromatic heterocycles. The number of carbonyl (C=O) groups excluding carboxylic acids is 2. The van der Waals surface area contributed by atoms with Gasteiger partial charge in [-0.05, 0) is 88.3 Å². The van der Waals surface area contributed by atoms with Gasteiger partial charge < -0.3 is 15.1 Å². The Morgan fingerprint density at radius 3 is 2.57 bits per heavy atom. The number of pyridine rings is 1. The van der Waals surface area contributed by atoms with Crippen molar-refractivity contribution in [2.24, 2.45) is 5.92 Å². The number of benzene rings is 2. The van der Waals surface area contributed by atoms with Gasteiger partial charge in [-0.15, -0.1) is 0 Å². The number of hydrogen-bond acceptors (Lipinski definition) is 6. The summed E-state index contributed by atoms with van der Waals surface area (Å²) in [7, 11) is 4.00. The van der Waals surface area contributed by atoms with E-state index in [-0.39, 0.29) is 17.7 Å². The second-order valence-corrected chi connectivity index (χ2v) is 12.3. The van der Waals surface area contributed by atoms with Crippen LogP contribution in [0.1, 0.15) is 48.3 Å². The Hall–Kier alpha value is -4.89. The van der Waals surface area contributed by atoms with E-state index in [0.29, 0.717) is 30.6 Å². The highest BCUT2D eigenvalue weighted by Crippen LogP contribution is 2.34. The third kappa shape index (κ3) is 7.49. The molecule has 0 bridgehead atoms. The minimum atomic E-state index is -0.0135. The zero-order valence-corrected chi connectivity index (χ0v) is 26.6. The van der Waals surface area contributed by atoms with Gasteiger partial charge in [0.25, 0.3) is 5.91 Å². The van der Waals surface area contributed by atoms with Crippen LogP contribution in [0.2, 0.25) is 0 Å². The number of likely N-dealkylation sites (tertiary alicyclic amines) is 1. The smallest absolute Gasteiger partial charge is 0.253 e. The lowest BCUT2D eigenvalue weighted by molar-refractivity contribution is -0.116. The van der Waals surface area contributed by atoms with E-state index in [4.69, 9.17) is 10.1 Å². The van der Waals surface area contributed by atoms with Gasteiger partial charge in [0.2, 0.25) is 5.91 Å². The summed E-state index contributed by atoms with van der Waals surface area (Å²) in [5, 5.41) is 7.84. The van der Waals surface area contributed by atoms with Crippen LogP contribution in [0.3, 0.4) is 0 Å². The molecule has 9 heteroatoms. The molecular weight excluding hydrogens is 574 g/mol. The molecule has 0 spiro atoms. The second kappa shape index (κ2) is 14.5. The van der Waals surface area contributed by atoms with E-state index in [1.54, 1.807) is 0 Å². The Morgan fingerprint density at radius 2 is 1.76 bits per heavy atom. The molecule has 1 atom stereocenters. The van der Waals surface area contributed by atoms with Crippen molar-refractivity contribution in [1.82, 2.24) is 29.4 Å². The maximum Gasteiger partial charge on any atom is 0.253 e. The monoisotopic (exact) mass is 615 g/mol. The molecule has 0 unspecified atom stereocenters. The van der Waals surface area contributed by atoms with Crippen molar-refractivity contribution in [2.45, 2.75) is 38.5 Å². The molecule has 1 aliphatic rings. The van der Waals surface area contributed by atoms with Crippen LogP contribution >= 0.6 is 0 Å². The number of nitrogens with zero attached hydrogens (tertiary/aromatic N) is 6. The SMILES string of the molecule is CN(C)CCCC(=O)Nc1ccc(C(=O)N2CCCC[C@H](Cc3nccc(-c4c(-c5ccccc5)nn5ccccc45)n3)C2)cc1. The number of amides is 2. The highest BCUT2D eigenvalue weighted by atomic mass is 16.2. The molecule has 4 heterocycles. The predicted octanol–water partition coefficient (Wildman–Crippen LogP) is 6.22. The summed E-state index contributed by atoms with van der Waals surface area (Å²) >= 11 is 0. The van der Waals surface area contributed by atoms with E-state index < -0.39 is 0 Å². The lowest BCUT2D eigenvalue weighted by Gasteiger charge is -2.24. The van der Waals surface area contributed by atoms with Crippen LogP contribution in [0, 0.1) is 5.92 Å². The van der Waals surface area contributed by atoms with Gasteiger partial charge in [0.15, 0.2) is 0 Å². The third-order valence-corrected chi connectivity index (χ3v) is 8.50. The lowest BCUT2D eigenvalue weighted by atomic mass is 9.98. The molecular formula is C37H41N7O2. The zero-order chi connectivity index (χ0) is 31.9. The summed E-state index contributed by atoms with van der Waals surface area (Å²) in [6, 6.07) is 25.5. The van der Waals surface area contributed by atoms with E-state index in [1.165, 1.54) is 0 Å². The maximum atomic E-state index is 13.6. The topological polar surface area (TPSA) is 95.7 Å². The first-order valence-corrected chi connectivity index (χ1v) is 16.1. The molecule has 0 aliphatic carbocycles. The summed E-state index contributed by atoms with van der Waals surface area (Å²) < 4.78 is 1.90. The Labute approximate surface area is 270 Å². The van der Waals surface area contributed by atoms with E-state index in [0.717, 1.165) is 72.6 Å². The van der Waals surface area contributed by atoms with Crippen LogP contribution in [0.5, 0.6) is 0 Å². The summed E-state index contributed by atoms with van der Waals surface area (Å²) in [4.78, 5) is 39.6. The van der Waals surface area contributed by atoms with Crippen LogP contribution in [0.15, 0.2) is 91.3 Å². The fourth-order valence-electron chi connectivity index (χ4n) is 6.18. The Kier molecular flexibility index (Phi) is 9.79. The first kappa shape index (κ1) is 31.1. The highest BCUT2D eigenvalue weighted by molar-refractivity contribution is 5.96. The standard InChI is InChI=1S/C37H41N7O2/c1-42(2)22-10-15-34(45)39-30-18-16-29(17-19-30)37(46)43-23-8-6-11-27(26-43)25-33-38-21-20-31(40-33)35-32-14-7-9-24-44(32)41-36(35)28-12-4-3-5-13-28/h3-5,7,9,12-14,16-21,24,27H,6,8,10-11,15,22-23,25-26H2,1-2H3,(H,39,45)/t27-/m1/s1. The summed E-state index contributed by atoms with van der Waals surface area (Å²) in [5.41, 5.74) is 6.09. The predicted molar refractivity (Wildman–Crippen MR) is 181 cm³/mol. The first-order chi connectivity index (χ1) is 22.4. The number of nitrogens with one attached hydrogen (secondary N) is 1. The lowest BCUT2D eigenvalue weighted by Crippen LogP contribution is -2.35. The van der Waals surface area contributed by atoms with Crippen molar-refractivity contribution in [2.75, 3.05) is 39.0 Å². The molecule has 1 N–H and O–H groups in total. The van der Waals surface area contributed by atoms with E-state index in [1.807, 2.05) is 96.6 Å². The van der Waals surface area contributed by atoms with Crippen LogP contribution in [-0.2, 0) is 11.2 Å². The fourth-order valence-corrected chi connectivity index (χ4v) is 6.18. The number of rotatable bonds is 10. The van der Waals surface area contributed by atoms with Gasteiger partial charge in [0.05, 0.1) is 16.8 Å². The second-order valence-electron chi connectivity index (χ2n) is 12.3. The number of fused-ring (bicyclic) bond motifs is 1. The molecule has 236 valence electrons. The van der Waals surface area contributed by atoms with Crippen LogP contribution in [0.4, 0.5) is 5.69 Å². The largest absolute Gasteiger partial charge is 0.338 e. The van der Waals surface area contributed by atoms with E-state index >= 15 is 0 Å². The molecule has 5 aromatic rings. The van der Waals surface area contributed by atoms with Gasteiger partial charge in [0, 0.05) is 55.1 Å². The van der Waals surface area contributed by atoms with Crippen LogP contribution < -0.4 is 5.32 Å². The average Bonchev–Trinajstić information content (AvgIpc) is 3.31. The van der Waals surface area contributed by atoms with Crippen LogP contribution in [-0.4, -0.2) is 74.9 Å². The number of aromatic nitrogens is 4. The molecule has 9 nitrogen and oxygen atoms in total. The van der Waals surface area contributed by atoms with Gasteiger partial charge in [-0.3, -0.25) is 9.59 Å². The average molecular weight is 616 g/mol.